The van der Waals surface area contributed by atoms with Gasteiger partial charge < -0.3 is 19.7 Å². The number of rotatable bonds is 8. The SMILES string of the molecule is COc1cccc2c1CCN2c1ncc(C(=O)NCc2ccccn2)c(OCc2ccc(Br)cc2)n1. The molecule has 0 unspecified atom stereocenters. The number of fused-ring (bicyclic) bond motifs is 1. The molecule has 0 radical (unpaired) electrons. The number of hydrogen-bond donors (Lipinski definition) is 1. The lowest BCUT2D eigenvalue weighted by Crippen LogP contribution is -2.25. The van der Waals surface area contributed by atoms with E-state index in [1.54, 1.807) is 13.3 Å². The number of carbonyl (C=O) groups is 1. The summed E-state index contributed by atoms with van der Waals surface area (Å²) in [7, 11) is 1.67. The Morgan fingerprint density at radius 2 is 1.94 bits per heavy atom. The molecule has 0 fully saturated rings. The van der Waals surface area contributed by atoms with Crippen molar-refractivity contribution in [3.8, 4) is 11.6 Å². The summed E-state index contributed by atoms with van der Waals surface area (Å²) in [4.78, 5) is 28.6. The Kier molecular flexibility index (Phi) is 7.08. The summed E-state index contributed by atoms with van der Waals surface area (Å²) in [6.07, 6.45) is 4.02. The predicted octanol–water partition coefficient (Wildman–Crippen LogP) is 4.85. The van der Waals surface area contributed by atoms with Gasteiger partial charge in [-0.05, 0) is 48.4 Å². The Morgan fingerprint density at radius 3 is 2.72 bits per heavy atom. The molecule has 0 atom stereocenters. The summed E-state index contributed by atoms with van der Waals surface area (Å²) >= 11 is 3.45. The Bertz CT molecular complexity index is 1370. The second-order valence-corrected chi connectivity index (χ2v) is 9.08. The highest BCUT2D eigenvalue weighted by molar-refractivity contribution is 9.10. The Balaban J connectivity index is 1.43. The van der Waals surface area contributed by atoms with E-state index in [4.69, 9.17) is 9.47 Å². The first-order chi connectivity index (χ1) is 17.6. The number of nitrogens with zero attached hydrogens (tertiary/aromatic N) is 4. The molecule has 8 nitrogen and oxygen atoms in total. The monoisotopic (exact) mass is 545 g/mol. The van der Waals surface area contributed by atoms with Gasteiger partial charge >= 0.3 is 0 Å². The van der Waals surface area contributed by atoms with Crippen LogP contribution in [0.1, 0.15) is 27.2 Å². The minimum absolute atomic E-state index is 0.220. The number of anilines is 2. The number of halogens is 1. The molecular formula is C27H24BrN5O3. The van der Waals surface area contributed by atoms with E-state index in [1.165, 1.54) is 6.20 Å². The number of nitrogens with one attached hydrogen (secondary N) is 1. The molecule has 3 heterocycles. The van der Waals surface area contributed by atoms with Crippen LogP contribution in [0.4, 0.5) is 11.6 Å². The van der Waals surface area contributed by atoms with E-state index in [0.717, 1.165) is 39.2 Å². The molecule has 0 saturated heterocycles. The van der Waals surface area contributed by atoms with Gasteiger partial charge in [0.15, 0.2) is 0 Å². The topological polar surface area (TPSA) is 89.5 Å². The van der Waals surface area contributed by atoms with Crippen LogP contribution in [0, 0.1) is 0 Å². The molecular weight excluding hydrogens is 522 g/mol. The summed E-state index contributed by atoms with van der Waals surface area (Å²) in [5.41, 5.74) is 4.06. The Labute approximate surface area is 217 Å². The maximum atomic E-state index is 13.1. The van der Waals surface area contributed by atoms with E-state index in [1.807, 2.05) is 65.6 Å². The molecule has 1 amide bonds. The average molecular weight is 546 g/mol. The van der Waals surface area contributed by atoms with E-state index in [9.17, 15) is 4.79 Å². The second kappa shape index (κ2) is 10.7. The summed E-state index contributed by atoms with van der Waals surface area (Å²) < 4.78 is 12.6. The molecule has 5 rings (SSSR count). The van der Waals surface area contributed by atoms with Crippen LogP contribution >= 0.6 is 15.9 Å². The largest absolute Gasteiger partial charge is 0.496 e. The molecule has 4 aromatic rings. The lowest BCUT2D eigenvalue weighted by molar-refractivity contribution is 0.0944. The van der Waals surface area contributed by atoms with E-state index in [2.05, 4.69) is 36.2 Å². The van der Waals surface area contributed by atoms with Crippen molar-refractivity contribution in [2.24, 2.45) is 0 Å². The van der Waals surface area contributed by atoms with E-state index in [-0.39, 0.29) is 30.5 Å². The minimum atomic E-state index is -0.332. The molecule has 1 aliphatic heterocycles. The number of methoxy groups -OCH3 is 1. The highest BCUT2D eigenvalue weighted by Crippen LogP contribution is 2.38. The van der Waals surface area contributed by atoms with Gasteiger partial charge in [-0.2, -0.15) is 4.98 Å². The van der Waals surface area contributed by atoms with Crippen molar-refractivity contribution in [1.29, 1.82) is 0 Å². The number of aromatic nitrogens is 3. The highest BCUT2D eigenvalue weighted by Gasteiger charge is 2.27. The van der Waals surface area contributed by atoms with Gasteiger partial charge in [0.25, 0.3) is 5.91 Å². The molecule has 2 aromatic carbocycles. The van der Waals surface area contributed by atoms with Crippen molar-refractivity contribution in [3.05, 3.63) is 99.9 Å². The molecule has 182 valence electrons. The first-order valence-corrected chi connectivity index (χ1v) is 12.3. The van der Waals surface area contributed by atoms with Gasteiger partial charge in [-0.15, -0.1) is 0 Å². The molecule has 0 bridgehead atoms. The number of carbonyl (C=O) groups excluding carboxylic acids is 1. The molecule has 1 aliphatic rings. The number of amides is 1. The van der Waals surface area contributed by atoms with Gasteiger partial charge in [-0.25, -0.2) is 4.98 Å². The van der Waals surface area contributed by atoms with Crippen molar-refractivity contribution < 1.29 is 14.3 Å². The zero-order valence-electron chi connectivity index (χ0n) is 19.6. The van der Waals surface area contributed by atoms with E-state index < -0.39 is 0 Å². The van der Waals surface area contributed by atoms with Crippen molar-refractivity contribution in [3.63, 3.8) is 0 Å². The van der Waals surface area contributed by atoms with Crippen molar-refractivity contribution in [2.75, 3.05) is 18.6 Å². The average Bonchev–Trinajstić information content (AvgIpc) is 3.36. The van der Waals surface area contributed by atoms with Crippen molar-refractivity contribution in [1.82, 2.24) is 20.3 Å². The third kappa shape index (κ3) is 5.16. The molecule has 2 aromatic heterocycles. The van der Waals surface area contributed by atoms with Crippen LogP contribution in [0.25, 0.3) is 0 Å². The highest BCUT2D eigenvalue weighted by atomic mass is 79.9. The van der Waals surface area contributed by atoms with Gasteiger partial charge in [0.2, 0.25) is 11.8 Å². The fraction of sp³-hybridized carbons (Fsp3) is 0.185. The maximum Gasteiger partial charge on any atom is 0.258 e. The van der Waals surface area contributed by atoms with Gasteiger partial charge in [0.1, 0.15) is 17.9 Å². The standard InChI is InChI=1S/C27H24BrN5O3/c1-35-24-7-4-6-23-21(24)12-14-33(23)27-31-16-22(25(34)30-15-20-5-2-3-13-29-20)26(32-27)36-17-18-8-10-19(28)11-9-18/h2-11,13,16H,12,14-15,17H2,1H3,(H,30,34). The quantitative estimate of drug-likeness (QED) is 0.338. The molecule has 36 heavy (non-hydrogen) atoms. The van der Waals surface area contributed by atoms with Gasteiger partial charge in [0.05, 0.1) is 25.0 Å². The second-order valence-electron chi connectivity index (χ2n) is 8.17. The molecule has 9 heteroatoms. The maximum absolute atomic E-state index is 13.1. The van der Waals surface area contributed by atoms with E-state index >= 15 is 0 Å². The molecule has 0 aliphatic carbocycles. The fourth-order valence-corrected chi connectivity index (χ4v) is 4.32. The Morgan fingerprint density at radius 1 is 1.08 bits per heavy atom. The van der Waals surface area contributed by atoms with Gasteiger partial charge in [0, 0.05) is 29.0 Å². The number of hydrogen-bond acceptors (Lipinski definition) is 7. The molecule has 0 saturated carbocycles. The number of pyridine rings is 1. The lowest BCUT2D eigenvalue weighted by atomic mass is 10.1. The van der Waals surface area contributed by atoms with Gasteiger partial charge in [-0.1, -0.05) is 40.2 Å². The summed E-state index contributed by atoms with van der Waals surface area (Å²) in [5.74, 6) is 1.20. The smallest absolute Gasteiger partial charge is 0.258 e. The van der Waals surface area contributed by atoms with Crippen molar-refractivity contribution >= 4 is 33.5 Å². The Hall–Kier alpha value is -3.98. The predicted molar refractivity (Wildman–Crippen MR) is 140 cm³/mol. The zero-order valence-corrected chi connectivity index (χ0v) is 21.2. The van der Waals surface area contributed by atoms with Crippen LogP contribution < -0.4 is 19.7 Å². The van der Waals surface area contributed by atoms with Crippen LogP contribution in [0.2, 0.25) is 0 Å². The van der Waals surface area contributed by atoms with Crippen LogP contribution in [-0.4, -0.2) is 34.5 Å². The van der Waals surface area contributed by atoms with Crippen LogP contribution in [0.3, 0.4) is 0 Å². The molecule has 0 spiro atoms. The number of ether oxygens (including phenoxy) is 2. The fourth-order valence-electron chi connectivity index (χ4n) is 4.06. The lowest BCUT2D eigenvalue weighted by Gasteiger charge is -2.19. The first kappa shape index (κ1) is 23.7. The molecule has 1 N–H and O–H groups in total. The van der Waals surface area contributed by atoms with Gasteiger partial charge in [-0.3, -0.25) is 9.78 Å². The summed E-state index contributed by atoms with van der Waals surface area (Å²) in [6.45, 7) is 1.24. The van der Waals surface area contributed by atoms with E-state index in [0.29, 0.717) is 12.5 Å². The third-order valence-corrected chi connectivity index (χ3v) is 6.41. The third-order valence-electron chi connectivity index (χ3n) is 5.88. The first-order valence-electron chi connectivity index (χ1n) is 11.5. The zero-order chi connectivity index (χ0) is 24.9. The van der Waals surface area contributed by atoms with Crippen molar-refractivity contribution in [2.45, 2.75) is 19.6 Å². The van der Waals surface area contributed by atoms with Crippen LogP contribution in [0.15, 0.2) is 77.5 Å². The number of benzene rings is 2. The van der Waals surface area contributed by atoms with Crippen LogP contribution in [-0.2, 0) is 19.6 Å². The normalized spacial score (nSPS) is 12.2. The minimum Gasteiger partial charge on any atom is -0.496 e. The summed E-state index contributed by atoms with van der Waals surface area (Å²) in [6, 6.07) is 19.3. The summed E-state index contributed by atoms with van der Waals surface area (Å²) in [5, 5.41) is 2.88. The van der Waals surface area contributed by atoms with Crippen LogP contribution in [0.5, 0.6) is 11.6 Å².